The normalized spacial score (nSPS) is 17.0. The second-order valence-electron chi connectivity index (χ2n) is 7.83. The predicted octanol–water partition coefficient (Wildman–Crippen LogP) is 4.03. The highest BCUT2D eigenvalue weighted by molar-refractivity contribution is 5.92. The maximum atomic E-state index is 12.4. The first-order chi connectivity index (χ1) is 14.3. The lowest BCUT2D eigenvalue weighted by Crippen LogP contribution is -2.46. The Balaban J connectivity index is 1.25. The summed E-state index contributed by atoms with van der Waals surface area (Å²) in [5.74, 6) is -0.0816. The van der Waals surface area contributed by atoms with E-state index < -0.39 is 0 Å². The molecule has 1 fully saturated rings. The number of para-hydroxylation sites is 1. The van der Waals surface area contributed by atoms with Crippen LogP contribution in [0.2, 0.25) is 0 Å². The van der Waals surface area contributed by atoms with Crippen LogP contribution in [0.15, 0.2) is 60.3 Å². The van der Waals surface area contributed by atoms with E-state index in [0.29, 0.717) is 12.2 Å². The van der Waals surface area contributed by atoms with E-state index in [2.05, 4.69) is 56.5 Å². The molecule has 1 amide bonds. The van der Waals surface area contributed by atoms with Crippen LogP contribution in [0.4, 0.5) is 11.4 Å². The maximum absolute atomic E-state index is 12.4. The van der Waals surface area contributed by atoms with E-state index in [1.54, 1.807) is 0 Å². The molecule has 1 aliphatic heterocycles. The zero-order valence-electron chi connectivity index (χ0n) is 17.0. The summed E-state index contributed by atoms with van der Waals surface area (Å²) in [5, 5.41) is 3.01. The first-order valence-corrected chi connectivity index (χ1v) is 10.8. The SMILES string of the molecule is O=C(NCCC1=CCCCC1)c1ccc(N2CCN(c3ccccc3)CC2)cn1. The molecular weight excluding hydrogens is 360 g/mol. The van der Waals surface area contributed by atoms with Gasteiger partial charge in [0.05, 0.1) is 11.9 Å². The van der Waals surface area contributed by atoms with E-state index in [9.17, 15) is 4.79 Å². The zero-order valence-corrected chi connectivity index (χ0v) is 17.0. The van der Waals surface area contributed by atoms with Crippen molar-refractivity contribution in [2.45, 2.75) is 32.1 Å². The van der Waals surface area contributed by atoms with Crippen molar-refractivity contribution in [3.8, 4) is 0 Å². The van der Waals surface area contributed by atoms with Gasteiger partial charge in [-0.25, -0.2) is 4.98 Å². The molecule has 0 atom stereocenters. The predicted molar refractivity (Wildman–Crippen MR) is 119 cm³/mol. The average Bonchev–Trinajstić information content (AvgIpc) is 2.80. The third-order valence-electron chi connectivity index (χ3n) is 5.86. The molecule has 1 saturated heterocycles. The minimum atomic E-state index is -0.0816. The van der Waals surface area contributed by atoms with Gasteiger partial charge in [0.1, 0.15) is 5.69 Å². The van der Waals surface area contributed by atoms with Crippen molar-refractivity contribution in [2.75, 3.05) is 42.5 Å². The van der Waals surface area contributed by atoms with Crippen LogP contribution in [0, 0.1) is 0 Å². The van der Waals surface area contributed by atoms with Crippen molar-refractivity contribution in [3.63, 3.8) is 0 Å². The van der Waals surface area contributed by atoms with Gasteiger partial charge in [-0.2, -0.15) is 0 Å². The van der Waals surface area contributed by atoms with Gasteiger partial charge in [-0.05, 0) is 56.4 Å². The van der Waals surface area contributed by atoms with E-state index in [1.807, 2.05) is 18.3 Å². The number of benzene rings is 1. The number of nitrogens with one attached hydrogen (secondary N) is 1. The van der Waals surface area contributed by atoms with Crippen LogP contribution in [-0.4, -0.2) is 43.6 Å². The van der Waals surface area contributed by atoms with Crippen molar-refractivity contribution in [2.24, 2.45) is 0 Å². The molecule has 2 aromatic rings. The minimum absolute atomic E-state index is 0.0816. The van der Waals surface area contributed by atoms with E-state index in [0.717, 1.165) is 38.3 Å². The Bertz CT molecular complexity index is 824. The number of carbonyl (C=O) groups excluding carboxylic acids is 1. The fourth-order valence-corrected chi connectivity index (χ4v) is 4.13. The molecule has 4 rings (SSSR count). The number of hydrogen-bond acceptors (Lipinski definition) is 4. The minimum Gasteiger partial charge on any atom is -0.368 e. The summed E-state index contributed by atoms with van der Waals surface area (Å²) < 4.78 is 0. The Morgan fingerprint density at radius 1 is 0.931 bits per heavy atom. The van der Waals surface area contributed by atoms with E-state index in [-0.39, 0.29) is 5.91 Å². The van der Waals surface area contributed by atoms with Crippen LogP contribution in [0.3, 0.4) is 0 Å². The van der Waals surface area contributed by atoms with Crippen molar-refractivity contribution >= 4 is 17.3 Å². The molecule has 5 nitrogen and oxygen atoms in total. The third kappa shape index (κ3) is 5.17. The molecule has 152 valence electrons. The monoisotopic (exact) mass is 390 g/mol. The van der Waals surface area contributed by atoms with Crippen LogP contribution in [-0.2, 0) is 0 Å². The number of amides is 1. The first-order valence-electron chi connectivity index (χ1n) is 10.8. The summed E-state index contributed by atoms with van der Waals surface area (Å²) in [4.78, 5) is 21.5. The van der Waals surface area contributed by atoms with Crippen molar-refractivity contribution in [1.29, 1.82) is 0 Å². The second-order valence-corrected chi connectivity index (χ2v) is 7.83. The van der Waals surface area contributed by atoms with Crippen LogP contribution < -0.4 is 15.1 Å². The molecule has 0 spiro atoms. The lowest BCUT2D eigenvalue weighted by Gasteiger charge is -2.37. The van der Waals surface area contributed by atoms with Gasteiger partial charge in [0, 0.05) is 38.4 Å². The van der Waals surface area contributed by atoms with Gasteiger partial charge in [0.25, 0.3) is 5.91 Å². The number of hydrogen-bond donors (Lipinski definition) is 1. The number of anilines is 2. The molecule has 0 unspecified atom stereocenters. The van der Waals surface area contributed by atoms with Crippen LogP contribution >= 0.6 is 0 Å². The maximum Gasteiger partial charge on any atom is 0.269 e. The fraction of sp³-hybridized carbons (Fsp3) is 0.417. The molecule has 2 aliphatic rings. The highest BCUT2D eigenvalue weighted by Gasteiger charge is 2.18. The Labute approximate surface area is 173 Å². The second kappa shape index (κ2) is 9.59. The number of allylic oxidation sites excluding steroid dienone is 1. The summed E-state index contributed by atoms with van der Waals surface area (Å²) in [7, 11) is 0. The number of carbonyl (C=O) groups is 1. The van der Waals surface area contributed by atoms with Gasteiger partial charge in [0.2, 0.25) is 0 Å². The molecule has 0 radical (unpaired) electrons. The standard InChI is InChI=1S/C24H30N4O/c29-24(25-14-13-20-7-3-1-4-8-20)23-12-11-22(19-26-23)28-17-15-27(16-18-28)21-9-5-2-6-10-21/h2,5-7,9-12,19H,1,3-4,8,13-18H2,(H,25,29). The number of rotatable bonds is 6. The van der Waals surface area contributed by atoms with Gasteiger partial charge >= 0.3 is 0 Å². The summed E-state index contributed by atoms with van der Waals surface area (Å²) in [6.07, 6.45) is 10.1. The van der Waals surface area contributed by atoms with E-state index in [1.165, 1.54) is 36.9 Å². The van der Waals surface area contributed by atoms with Gasteiger partial charge < -0.3 is 15.1 Å². The molecule has 29 heavy (non-hydrogen) atoms. The molecule has 1 aliphatic carbocycles. The molecule has 1 aromatic carbocycles. The molecule has 5 heteroatoms. The van der Waals surface area contributed by atoms with Gasteiger partial charge in [-0.3, -0.25) is 4.79 Å². The van der Waals surface area contributed by atoms with Crippen LogP contribution in [0.25, 0.3) is 0 Å². The lowest BCUT2D eigenvalue weighted by atomic mass is 9.97. The summed E-state index contributed by atoms with van der Waals surface area (Å²) in [5.41, 5.74) is 4.34. The van der Waals surface area contributed by atoms with Gasteiger partial charge in [0.15, 0.2) is 0 Å². The van der Waals surface area contributed by atoms with Crippen molar-refractivity contribution in [3.05, 3.63) is 66.0 Å². The van der Waals surface area contributed by atoms with Crippen LogP contribution in [0.1, 0.15) is 42.6 Å². The summed E-state index contributed by atoms with van der Waals surface area (Å²) >= 11 is 0. The Morgan fingerprint density at radius 3 is 2.34 bits per heavy atom. The smallest absolute Gasteiger partial charge is 0.269 e. The number of piperazine rings is 1. The van der Waals surface area contributed by atoms with Gasteiger partial charge in [-0.1, -0.05) is 29.8 Å². The topological polar surface area (TPSA) is 48.5 Å². The first kappa shape index (κ1) is 19.5. The number of nitrogens with zero attached hydrogens (tertiary/aromatic N) is 3. The molecular formula is C24H30N4O. The molecule has 0 bridgehead atoms. The highest BCUT2D eigenvalue weighted by Crippen LogP contribution is 2.21. The quantitative estimate of drug-likeness (QED) is 0.757. The lowest BCUT2D eigenvalue weighted by molar-refractivity contribution is 0.0949. The summed E-state index contributed by atoms with van der Waals surface area (Å²) in [6, 6.07) is 14.4. The molecule has 2 heterocycles. The highest BCUT2D eigenvalue weighted by atomic mass is 16.1. The van der Waals surface area contributed by atoms with E-state index in [4.69, 9.17) is 0 Å². The Kier molecular flexibility index (Phi) is 6.45. The number of aromatic nitrogens is 1. The molecule has 1 N–H and O–H groups in total. The molecule has 0 saturated carbocycles. The third-order valence-corrected chi connectivity index (χ3v) is 5.86. The zero-order chi connectivity index (χ0) is 19.9. The van der Waals surface area contributed by atoms with Gasteiger partial charge in [-0.15, -0.1) is 0 Å². The molecule has 1 aromatic heterocycles. The van der Waals surface area contributed by atoms with Crippen molar-refractivity contribution < 1.29 is 4.79 Å². The van der Waals surface area contributed by atoms with Crippen molar-refractivity contribution in [1.82, 2.24) is 10.3 Å². The fourth-order valence-electron chi connectivity index (χ4n) is 4.13. The van der Waals surface area contributed by atoms with E-state index >= 15 is 0 Å². The average molecular weight is 391 g/mol. The van der Waals surface area contributed by atoms with Crippen LogP contribution in [0.5, 0.6) is 0 Å². The summed E-state index contributed by atoms with van der Waals surface area (Å²) in [6.45, 7) is 4.58. The Hall–Kier alpha value is -2.82. The number of pyridine rings is 1. The largest absolute Gasteiger partial charge is 0.368 e. The Morgan fingerprint density at radius 2 is 1.69 bits per heavy atom.